The highest BCUT2D eigenvalue weighted by Crippen LogP contribution is 2.44. The molecule has 2 heteroatoms. The Balaban J connectivity index is 1.50. The standard InChI is InChI=1S/C48H76N2/c1-5-9-12-13-14-15-16-17-18-19-20-21-22-23-24-25-26-29-32-46-45(8-4)47(43-37-33-41(34-38-43)30-27-10-6-2)50(49)48(46)44-39-35-42(36-40-44)31-28-11-7-3/h33-40H,5-32H2,1-4H3. The summed E-state index contributed by atoms with van der Waals surface area (Å²) in [7, 11) is 0. The maximum atomic E-state index is 11.9. The number of allylic oxidation sites excluding steroid dienone is 2. The topological polar surface area (TPSA) is 25.3 Å². The fourth-order valence-electron chi connectivity index (χ4n) is 7.92. The predicted octanol–water partition coefficient (Wildman–Crippen LogP) is 16.2. The Kier molecular flexibility index (Phi) is 22.1. The Hall–Kier alpha value is -2.48. The first-order valence-corrected chi connectivity index (χ1v) is 21.8. The number of benzene rings is 2. The van der Waals surface area contributed by atoms with E-state index in [0.29, 0.717) is 0 Å². The van der Waals surface area contributed by atoms with Crippen LogP contribution in [0.4, 0.5) is 0 Å². The lowest BCUT2D eigenvalue weighted by Crippen LogP contribution is -2.03. The molecule has 2 nitrogen and oxygen atoms in total. The Labute approximate surface area is 310 Å². The van der Waals surface area contributed by atoms with Gasteiger partial charge in [0.2, 0.25) is 11.4 Å². The van der Waals surface area contributed by atoms with Gasteiger partial charge in [-0.15, -0.1) is 0 Å². The molecule has 0 radical (unpaired) electrons. The van der Waals surface area contributed by atoms with Crippen molar-refractivity contribution in [2.75, 3.05) is 0 Å². The van der Waals surface area contributed by atoms with Crippen LogP contribution in [0.15, 0.2) is 59.7 Å². The molecule has 0 fully saturated rings. The van der Waals surface area contributed by atoms with Gasteiger partial charge in [0.05, 0.1) is 0 Å². The molecule has 3 rings (SSSR count). The number of hydrogen-bond acceptors (Lipinski definition) is 0. The summed E-state index contributed by atoms with van der Waals surface area (Å²) < 4.78 is 1.54. The third kappa shape index (κ3) is 15.0. The molecule has 0 aliphatic carbocycles. The molecule has 50 heavy (non-hydrogen) atoms. The van der Waals surface area contributed by atoms with Gasteiger partial charge in [-0.25, -0.2) is 4.70 Å². The van der Waals surface area contributed by atoms with Gasteiger partial charge in [0.25, 0.3) is 0 Å². The van der Waals surface area contributed by atoms with Crippen LogP contribution >= 0.6 is 0 Å². The van der Waals surface area contributed by atoms with E-state index in [1.165, 1.54) is 176 Å². The quantitative estimate of drug-likeness (QED) is 0.0580. The second kappa shape index (κ2) is 26.3. The van der Waals surface area contributed by atoms with Crippen LogP contribution in [0, 0.1) is 0 Å². The largest absolute Gasteiger partial charge is 0.493 e. The van der Waals surface area contributed by atoms with Gasteiger partial charge in [-0.3, -0.25) is 0 Å². The molecule has 0 N–H and O–H groups in total. The van der Waals surface area contributed by atoms with Crippen LogP contribution in [0.25, 0.3) is 16.9 Å². The summed E-state index contributed by atoms with van der Waals surface area (Å²) in [6.45, 7) is 9.10. The van der Waals surface area contributed by atoms with Crippen LogP contribution in [0.2, 0.25) is 0 Å². The lowest BCUT2D eigenvalue weighted by Gasteiger charge is -2.11. The molecule has 0 unspecified atom stereocenters. The summed E-state index contributed by atoms with van der Waals surface area (Å²) in [6.07, 6.45) is 37.0. The predicted molar refractivity (Wildman–Crippen MR) is 220 cm³/mol. The average Bonchev–Trinajstić information content (AvgIpc) is 3.42. The van der Waals surface area contributed by atoms with Crippen molar-refractivity contribution in [1.82, 2.24) is 0 Å². The van der Waals surface area contributed by atoms with Crippen LogP contribution in [-0.2, 0) is 12.8 Å². The van der Waals surface area contributed by atoms with E-state index < -0.39 is 0 Å². The second-order valence-electron chi connectivity index (χ2n) is 15.4. The van der Waals surface area contributed by atoms with Gasteiger partial charge >= 0.3 is 0 Å². The van der Waals surface area contributed by atoms with Crippen molar-refractivity contribution < 1.29 is 4.70 Å². The molecule has 0 saturated carbocycles. The van der Waals surface area contributed by atoms with Crippen LogP contribution in [0.3, 0.4) is 0 Å². The molecular weight excluding hydrogens is 605 g/mol. The van der Waals surface area contributed by atoms with E-state index in [1.54, 1.807) is 4.70 Å². The molecule has 278 valence electrons. The van der Waals surface area contributed by atoms with Crippen LogP contribution in [0.5, 0.6) is 0 Å². The van der Waals surface area contributed by atoms with Crippen LogP contribution in [-0.4, -0.2) is 4.70 Å². The summed E-state index contributed by atoms with van der Waals surface area (Å²) in [4.78, 5) is 0. The SMILES string of the molecule is CCCCCCCCCCCCCCCCCCCCC1=C(c2ccc(CCCCC)cc2)[N+](=[N-])C(c2ccc(CCCCC)cc2)=C1CC. The second-order valence-corrected chi connectivity index (χ2v) is 15.4. The molecule has 1 heterocycles. The molecule has 0 amide bonds. The van der Waals surface area contributed by atoms with Gasteiger partial charge in [-0.2, -0.15) is 0 Å². The van der Waals surface area contributed by atoms with Crippen molar-refractivity contribution in [2.24, 2.45) is 0 Å². The van der Waals surface area contributed by atoms with Crippen LogP contribution in [0.1, 0.15) is 217 Å². The third-order valence-corrected chi connectivity index (χ3v) is 11.1. The molecule has 0 atom stereocenters. The van der Waals surface area contributed by atoms with E-state index in [0.717, 1.165) is 48.2 Å². The first kappa shape index (κ1) is 41.9. The van der Waals surface area contributed by atoms with E-state index in [2.05, 4.69) is 76.2 Å². The fraction of sp³-hybridized carbons (Fsp3) is 0.667. The minimum absolute atomic E-state index is 0.928. The lowest BCUT2D eigenvalue weighted by atomic mass is 9.93. The van der Waals surface area contributed by atoms with Crippen molar-refractivity contribution in [3.05, 3.63) is 87.5 Å². The fourth-order valence-corrected chi connectivity index (χ4v) is 7.92. The molecule has 1 aliphatic rings. The highest BCUT2D eigenvalue weighted by atomic mass is 15.2. The van der Waals surface area contributed by atoms with E-state index in [9.17, 15) is 5.53 Å². The number of nitrogens with zero attached hydrogens (tertiary/aromatic N) is 2. The molecule has 0 aromatic heterocycles. The Morgan fingerprint density at radius 2 is 0.660 bits per heavy atom. The minimum atomic E-state index is 0.928. The van der Waals surface area contributed by atoms with Gasteiger partial charge in [0.1, 0.15) is 0 Å². The number of rotatable bonds is 30. The molecule has 2 aromatic rings. The average molecular weight is 681 g/mol. The van der Waals surface area contributed by atoms with E-state index in [4.69, 9.17) is 0 Å². The van der Waals surface area contributed by atoms with Crippen molar-refractivity contribution in [3.63, 3.8) is 0 Å². The first-order chi connectivity index (χ1) is 24.6. The summed E-state index contributed by atoms with van der Waals surface area (Å²) in [6, 6.07) is 18.1. The lowest BCUT2D eigenvalue weighted by molar-refractivity contribution is -0.345. The van der Waals surface area contributed by atoms with E-state index >= 15 is 0 Å². The monoisotopic (exact) mass is 681 g/mol. The van der Waals surface area contributed by atoms with Gasteiger partial charge in [-0.1, -0.05) is 187 Å². The smallest absolute Gasteiger partial charge is 0.211 e. The zero-order valence-corrected chi connectivity index (χ0v) is 33.3. The summed E-state index contributed by atoms with van der Waals surface area (Å²) in [5.74, 6) is 0. The zero-order valence-electron chi connectivity index (χ0n) is 33.3. The Morgan fingerprint density at radius 3 is 1.02 bits per heavy atom. The van der Waals surface area contributed by atoms with E-state index in [-0.39, 0.29) is 0 Å². The molecule has 1 aliphatic heterocycles. The van der Waals surface area contributed by atoms with Crippen LogP contribution < -0.4 is 0 Å². The number of hydrogen-bond donors (Lipinski definition) is 0. The minimum Gasteiger partial charge on any atom is -0.493 e. The number of unbranched alkanes of at least 4 members (excludes halogenated alkanes) is 21. The summed E-state index contributed by atoms with van der Waals surface area (Å²) in [5.41, 5.74) is 21.6. The third-order valence-electron chi connectivity index (χ3n) is 11.1. The highest BCUT2D eigenvalue weighted by molar-refractivity contribution is 5.82. The van der Waals surface area contributed by atoms with Crippen molar-refractivity contribution in [3.8, 4) is 0 Å². The summed E-state index contributed by atoms with van der Waals surface area (Å²) in [5, 5.41) is 0. The van der Waals surface area contributed by atoms with E-state index in [1.807, 2.05) is 0 Å². The van der Waals surface area contributed by atoms with Crippen molar-refractivity contribution >= 4 is 11.4 Å². The maximum Gasteiger partial charge on any atom is 0.211 e. The normalized spacial score (nSPS) is 13.3. The van der Waals surface area contributed by atoms with Gasteiger partial charge in [-0.05, 0) is 80.3 Å². The molecular formula is C48H76N2. The van der Waals surface area contributed by atoms with Crippen molar-refractivity contribution in [2.45, 2.75) is 207 Å². The Bertz CT molecular complexity index is 1250. The maximum absolute atomic E-state index is 11.9. The van der Waals surface area contributed by atoms with Gasteiger partial charge < -0.3 is 5.53 Å². The zero-order chi connectivity index (χ0) is 35.7. The Morgan fingerprint density at radius 1 is 0.360 bits per heavy atom. The van der Waals surface area contributed by atoms with Crippen molar-refractivity contribution in [1.29, 1.82) is 0 Å². The summed E-state index contributed by atoms with van der Waals surface area (Å²) >= 11 is 0. The molecule has 0 saturated heterocycles. The van der Waals surface area contributed by atoms with Gasteiger partial charge in [0, 0.05) is 22.3 Å². The molecule has 0 spiro atoms. The molecule has 2 aromatic carbocycles. The molecule has 0 bridgehead atoms. The van der Waals surface area contributed by atoms with Gasteiger partial charge in [0.15, 0.2) is 0 Å². The number of aryl methyl sites for hydroxylation is 2. The first-order valence-electron chi connectivity index (χ1n) is 21.8. The highest BCUT2D eigenvalue weighted by Gasteiger charge is 2.34.